The van der Waals surface area contributed by atoms with Gasteiger partial charge in [0.1, 0.15) is 0 Å². The first-order chi connectivity index (χ1) is 15.7. The lowest BCUT2D eigenvalue weighted by atomic mass is 10.1. The molecule has 0 bridgehead atoms. The Hall–Kier alpha value is -2.29. The van der Waals surface area contributed by atoms with Gasteiger partial charge < -0.3 is 20.4 Å². The van der Waals surface area contributed by atoms with Crippen LogP contribution in [0.15, 0.2) is 53.5 Å². The molecule has 2 aliphatic heterocycles. The van der Waals surface area contributed by atoms with Gasteiger partial charge in [-0.15, -0.1) is 24.0 Å². The number of carbonyl (C=O) groups is 1. The van der Waals surface area contributed by atoms with Gasteiger partial charge in [0.15, 0.2) is 5.96 Å². The number of halogens is 1. The number of aliphatic imine (C=N–C) groups is 1. The maximum Gasteiger partial charge on any atom is 0.222 e. The van der Waals surface area contributed by atoms with Crippen LogP contribution in [0.2, 0.25) is 0 Å². The van der Waals surface area contributed by atoms with Gasteiger partial charge in [-0.3, -0.25) is 4.79 Å². The van der Waals surface area contributed by atoms with Crippen molar-refractivity contribution in [3.05, 3.63) is 65.2 Å². The lowest BCUT2D eigenvalue weighted by Crippen LogP contribution is -2.45. The summed E-state index contributed by atoms with van der Waals surface area (Å²) < 4.78 is 0. The van der Waals surface area contributed by atoms with Crippen molar-refractivity contribution < 1.29 is 4.79 Å². The number of hydrogen-bond donors (Lipinski definition) is 2. The van der Waals surface area contributed by atoms with Gasteiger partial charge in [-0.25, -0.2) is 4.99 Å². The summed E-state index contributed by atoms with van der Waals surface area (Å²) in [4.78, 5) is 21.1. The van der Waals surface area contributed by atoms with Crippen LogP contribution in [0, 0.1) is 0 Å². The second kappa shape index (κ2) is 12.3. The third-order valence-corrected chi connectivity index (χ3v) is 6.33. The number of amides is 1. The van der Waals surface area contributed by atoms with Crippen molar-refractivity contribution in [2.45, 2.75) is 52.2 Å². The molecule has 2 aromatic rings. The Kier molecular flexibility index (Phi) is 9.41. The van der Waals surface area contributed by atoms with Crippen molar-refractivity contribution in [2.24, 2.45) is 4.99 Å². The molecule has 7 heteroatoms. The van der Waals surface area contributed by atoms with Crippen LogP contribution in [0.25, 0.3) is 0 Å². The summed E-state index contributed by atoms with van der Waals surface area (Å²) in [6.07, 6.45) is 2.67. The number of guanidine groups is 1. The summed E-state index contributed by atoms with van der Waals surface area (Å²) >= 11 is 0. The first-order valence-electron chi connectivity index (χ1n) is 11.9. The molecular weight excluding hydrogens is 525 g/mol. The highest BCUT2D eigenvalue weighted by Gasteiger charge is 2.25. The standard InChI is InChI=1S/C26H35N5O.HI/c1-3-25(32)31-16-14-23(19-31)29-26(27-4-2)28-17-20-9-11-21(12-10-20)18-30-15-13-22-7-5-6-8-24(22)30;/h5-12,23H,3-4,13-19H2,1-2H3,(H2,27,28,29);1H. The Morgan fingerprint density at radius 2 is 1.82 bits per heavy atom. The maximum absolute atomic E-state index is 11.9. The third-order valence-electron chi connectivity index (χ3n) is 6.33. The fourth-order valence-corrected chi connectivity index (χ4v) is 4.55. The molecule has 2 N–H and O–H groups in total. The molecule has 1 unspecified atom stereocenters. The Morgan fingerprint density at radius 1 is 1.06 bits per heavy atom. The zero-order valence-electron chi connectivity index (χ0n) is 19.7. The number of carbonyl (C=O) groups excluding carboxylic acids is 1. The topological polar surface area (TPSA) is 60.0 Å². The van der Waals surface area contributed by atoms with Crippen LogP contribution < -0.4 is 15.5 Å². The van der Waals surface area contributed by atoms with Crippen LogP contribution >= 0.6 is 24.0 Å². The lowest BCUT2D eigenvalue weighted by Gasteiger charge is -2.19. The first kappa shape index (κ1) is 25.3. The lowest BCUT2D eigenvalue weighted by molar-refractivity contribution is -0.129. The van der Waals surface area contributed by atoms with Crippen LogP contribution in [-0.4, -0.2) is 49.0 Å². The highest BCUT2D eigenvalue weighted by atomic mass is 127. The summed E-state index contributed by atoms with van der Waals surface area (Å²) in [5.74, 6) is 1.05. The molecular formula is C26H36IN5O. The van der Waals surface area contributed by atoms with E-state index in [0.717, 1.165) is 51.5 Å². The van der Waals surface area contributed by atoms with E-state index in [1.165, 1.54) is 22.4 Å². The van der Waals surface area contributed by atoms with E-state index in [1.807, 2.05) is 11.8 Å². The number of hydrogen-bond acceptors (Lipinski definition) is 3. The number of nitrogens with zero attached hydrogens (tertiary/aromatic N) is 3. The molecule has 0 aromatic heterocycles. The zero-order valence-corrected chi connectivity index (χ0v) is 22.0. The van der Waals surface area contributed by atoms with E-state index < -0.39 is 0 Å². The molecule has 0 spiro atoms. The van der Waals surface area contributed by atoms with E-state index in [2.05, 4.69) is 71.0 Å². The molecule has 1 fully saturated rings. The Bertz CT molecular complexity index is 946. The third kappa shape index (κ3) is 6.62. The maximum atomic E-state index is 11.9. The Labute approximate surface area is 214 Å². The average Bonchev–Trinajstić information content (AvgIpc) is 3.45. The van der Waals surface area contributed by atoms with Gasteiger partial charge >= 0.3 is 0 Å². The summed E-state index contributed by atoms with van der Waals surface area (Å²) in [5, 5.41) is 6.84. The number of para-hydroxylation sites is 1. The summed E-state index contributed by atoms with van der Waals surface area (Å²) in [5.41, 5.74) is 5.34. The van der Waals surface area contributed by atoms with Crippen LogP contribution in [0.3, 0.4) is 0 Å². The van der Waals surface area contributed by atoms with Crippen molar-refractivity contribution >= 4 is 41.5 Å². The number of anilines is 1. The molecule has 0 saturated carbocycles. The smallest absolute Gasteiger partial charge is 0.222 e. The SMILES string of the molecule is CCNC(=NCc1ccc(CN2CCc3ccccc32)cc1)NC1CCN(C(=O)CC)C1.I. The van der Waals surface area contributed by atoms with Crippen LogP contribution in [0.5, 0.6) is 0 Å². The monoisotopic (exact) mass is 561 g/mol. The minimum absolute atomic E-state index is 0. The summed E-state index contributed by atoms with van der Waals surface area (Å²) in [7, 11) is 0. The van der Waals surface area contributed by atoms with Gasteiger partial charge in [0.25, 0.3) is 0 Å². The van der Waals surface area contributed by atoms with Gasteiger partial charge in [0.05, 0.1) is 6.54 Å². The van der Waals surface area contributed by atoms with Crippen molar-refractivity contribution in [1.29, 1.82) is 0 Å². The van der Waals surface area contributed by atoms with Crippen molar-refractivity contribution in [3.8, 4) is 0 Å². The molecule has 1 saturated heterocycles. The number of rotatable bonds is 7. The van der Waals surface area contributed by atoms with Crippen LogP contribution in [0.1, 0.15) is 43.4 Å². The van der Waals surface area contributed by atoms with Crippen LogP contribution in [-0.2, 0) is 24.3 Å². The minimum atomic E-state index is 0. The molecule has 33 heavy (non-hydrogen) atoms. The molecule has 1 atom stereocenters. The Balaban J connectivity index is 0.00000306. The van der Waals surface area contributed by atoms with Gasteiger partial charge in [0.2, 0.25) is 5.91 Å². The number of likely N-dealkylation sites (tertiary alicyclic amines) is 1. The highest BCUT2D eigenvalue weighted by molar-refractivity contribution is 14.0. The number of nitrogens with one attached hydrogen (secondary N) is 2. The highest BCUT2D eigenvalue weighted by Crippen LogP contribution is 2.28. The number of fused-ring (bicyclic) bond motifs is 1. The predicted octanol–water partition coefficient (Wildman–Crippen LogP) is 3.93. The van der Waals surface area contributed by atoms with E-state index in [-0.39, 0.29) is 35.9 Å². The summed E-state index contributed by atoms with van der Waals surface area (Å²) in [6, 6.07) is 17.8. The van der Waals surface area contributed by atoms with Crippen molar-refractivity contribution in [2.75, 3.05) is 31.1 Å². The second-order valence-electron chi connectivity index (χ2n) is 8.64. The molecule has 0 radical (unpaired) electrons. The van der Waals surface area contributed by atoms with Gasteiger partial charge in [0, 0.05) is 50.9 Å². The summed E-state index contributed by atoms with van der Waals surface area (Å²) in [6.45, 7) is 9.05. The number of benzene rings is 2. The molecule has 2 aromatic carbocycles. The molecule has 178 valence electrons. The second-order valence-corrected chi connectivity index (χ2v) is 8.64. The zero-order chi connectivity index (χ0) is 22.3. The molecule has 2 aliphatic rings. The normalized spacial score (nSPS) is 17.5. The van der Waals surface area contributed by atoms with Crippen LogP contribution in [0.4, 0.5) is 5.69 Å². The van der Waals surface area contributed by atoms with E-state index >= 15 is 0 Å². The largest absolute Gasteiger partial charge is 0.367 e. The van der Waals surface area contributed by atoms with Gasteiger partial charge in [-0.1, -0.05) is 49.4 Å². The Morgan fingerprint density at radius 3 is 2.58 bits per heavy atom. The fraction of sp³-hybridized carbons (Fsp3) is 0.462. The molecule has 2 heterocycles. The minimum Gasteiger partial charge on any atom is -0.367 e. The molecule has 4 rings (SSSR count). The van der Waals surface area contributed by atoms with E-state index in [0.29, 0.717) is 13.0 Å². The predicted molar refractivity (Wildman–Crippen MR) is 146 cm³/mol. The van der Waals surface area contributed by atoms with E-state index in [1.54, 1.807) is 0 Å². The van der Waals surface area contributed by atoms with Gasteiger partial charge in [-0.2, -0.15) is 0 Å². The van der Waals surface area contributed by atoms with E-state index in [4.69, 9.17) is 4.99 Å². The van der Waals surface area contributed by atoms with Crippen molar-refractivity contribution in [3.63, 3.8) is 0 Å². The molecule has 6 nitrogen and oxygen atoms in total. The quantitative estimate of drug-likeness (QED) is 0.306. The van der Waals surface area contributed by atoms with E-state index in [9.17, 15) is 4.79 Å². The fourth-order valence-electron chi connectivity index (χ4n) is 4.55. The average molecular weight is 562 g/mol. The molecule has 1 amide bonds. The van der Waals surface area contributed by atoms with Crippen molar-refractivity contribution in [1.82, 2.24) is 15.5 Å². The first-order valence-corrected chi connectivity index (χ1v) is 11.9. The molecule has 0 aliphatic carbocycles. The van der Waals surface area contributed by atoms with Gasteiger partial charge in [-0.05, 0) is 42.5 Å².